The van der Waals surface area contributed by atoms with Crippen LogP contribution in [0.15, 0.2) is 60.7 Å². The first-order valence-electron chi connectivity index (χ1n) is 11.8. The van der Waals surface area contributed by atoms with Gasteiger partial charge < -0.3 is 19.6 Å². The van der Waals surface area contributed by atoms with Crippen LogP contribution in [0.4, 0.5) is 5.69 Å². The predicted octanol–water partition coefficient (Wildman–Crippen LogP) is 5.08. The van der Waals surface area contributed by atoms with Crippen LogP contribution < -0.4 is 4.90 Å². The average molecular weight is 463 g/mol. The van der Waals surface area contributed by atoms with E-state index in [0.29, 0.717) is 12.6 Å². The van der Waals surface area contributed by atoms with Gasteiger partial charge in [0, 0.05) is 29.2 Å². The Morgan fingerprint density at radius 3 is 2.66 bits per heavy atom. The van der Waals surface area contributed by atoms with Crippen molar-refractivity contribution in [3.63, 3.8) is 0 Å². The maximum atomic E-state index is 5.69. The second kappa shape index (κ2) is 7.68. The first kappa shape index (κ1) is 20.2. The highest BCUT2D eigenvalue weighted by Crippen LogP contribution is 2.32. The molecule has 8 heteroatoms. The SMILES string of the molecule is [CH2]C1CN(c2ccc3nc(-c4n[nH]c5ccc(-c6nc7ccccc7[nH]6)cc45)[nH]c3c2)C(C)CO1. The molecule has 8 nitrogen and oxygen atoms in total. The van der Waals surface area contributed by atoms with E-state index in [1.165, 1.54) is 0 Å². The number of para-hydroxylation sites is 2. The summed E-state index contributed by atoms with van der Waals surface area (Å²) in [5.41, 5.74) is 7.71. The molecule has 3 aromatic heterocycles. The number of ether oxygens (including phenoxy) is 1. The molecule has 1 radical (unpaired) electrons. The van der Waals surface area contributed by atoms with E-state index in [1.54, 1.807) is 0 Å². The Kier molecular flexibility index (Phi) is 4.44. The smallest absolute Gasteiger partial charge is 0.159 e. The van der Waals surface area contributed by atoms with Gasteiger partial charge in [0.2, 0.25) is 0 Å². The van der Waals surface area contributed by atoms with Crippen molar-refractivity contribution < 1.29 is 4.74 Å². The molecule has 0 bridgehead atoms. The fourth-order valence-electron chi connectivity index (χ4n) is 4.90. The van der Waals surface area contributed by atoms with E-state index in [2.05, 4.69) is 63.2 Å². The number of fused-ring (bicyclic) bond motifs is 3. The first-order chi connectivity index (χ1) is 17.1. The van der Waals surface area contributed by atoms with Gasteiger partial charge in [0.15, 0.2) is 5.82 Å². The Labute approximate surface area is 201 Å². The average Bonchev–Trinajstić information content (AvgIpc) is 3.60. The molecule has 1 aliphatic rings. The summed E-state index contributed by atoms with van der Waals surface area (Å²) in [5.74, 6) is 1.56. The van der Waals surface area contributed by atoms with Crippen molar-refractivity contribution in [1.82, 2.24) is 30.1 Å². The lowest BCUT2D eigenvalue weighted by Gasteiger charge is -2.38. The summed E-state index contributed by atoms with van der Waals surface area (Å²) in [6.45, 7) is 7.69. The number of nitrogens with one attached hydrogen (secondary N) is 3. The lowest BCUT2D eigenvalue weighted by Crippen LogP contribution is -2.47. The van der Waals surface area contributed by atoms with E-state index >= 15 is 0 Å². The Balaban J connectivity index is 1.28. The molecule has 2 unspecified atom stereocenters. The number of morpholine rings is 1. The molecule has 35 heavy (non-hydrogen) atoms. The number of hydrogen-bond acceptors (Lipinski definition) is 5. The van der Waals surface area contributed by atoms with Crippen LogP contribution >= 0.6 is 0 Å². The zero-order valence-electron chi connectivity index (χ0n) is 19.2. The van der Waals surface area contributed by atoms with E-state index in [9.17, 15) is 0 Å². The van der Waals surface area contributed by atoms with Gasteiger partial charge in [-0.25, -0.2) is 9.97 Å². The fourth-order valence-corrected chi connectivity index (χ4v) is 4.90. The number of H-pyrrole nitrogens is 3. The van der Waals surface area contributed by atoms with Gasteiger partial charge in [-0.2, -0.15) is 5.10 Å². The molecule has 0 amide bonds. The second-order valence-electron chi connectivity index (χ2n) is 9.18. The summed E-state index contributed by atoms with van der Waals surface area (Å²) in [5, 5.41) is 8.72. The third-order valence-electron chi connectivity index (χ3n) is 6.75. The zero-order chi connectivity index (χ0) is 23.5. The standard InChI is InChI=1S/C27H24N7O/c1-15-14-35-16(2)13-34(15)18-8-10-23-24(12-18)31-27(30-23)25-19-11-17(7-9-20(19)32-33-25)26-28-21-5-3-4-6-22(21)29-26/h3-12,15-16H,2,13-14H2,1H3,(H,28,29)(H,30,31)(H,32,33). The number of aromatic amines is 3. The third kappa shape index (κ3) is 3.37. The van der Waals surface area contributed by atoms with Crippen LogP contribution in [0.5, 0.6) is 0 Å². The largest absolute Gasteiger partial charge is 0.374 e. The predicted molar refractivity (Wildman–Crippen MR) is 138 cm³/mol. The maximum absolute atomic E-state index is 5.69. The minimum Gasteiger partial charge on any atom is -0.374 e. The summed E-state index contributed by atoms with van der Waals surface area (Å²) < 4.78 is 5.69. The minimum atomic E-state index is -0.0319. The topological polar surface area (TPSA) is 98.5 Å². The molecule has 1 saturated heterocycles. The molecule has 2 atom stereocenters. The lowest BCUT2D eigenvalue weighted by atomic mass is 10.1. The van der Waals surface area contributed by atoms with Crippen LogP contribution in [0.25, 0.3) is 55.9 Å². The summed E-state index contributed by atoms with van der Waals surface area (Å²) in [7, 11) is 0. The Bertz CT molecular complexity index is 1660. The van der Waals surface area contributed by atoms with Crippen LogP contribution in [-0.2, 0) is 4.74 Å². The fraction of sp³-hybridized carbons (Fsp3) is 0.185. The van der Waals surface area contributed by atoms with Gasteiger partial charge >= 0.3 is 0 Å². The molecule has 0 aliphatic carbocycles. The molecule has 1 fully saturated rings. The minimum absolute atomic E-state index is 0.0319. The van der Waals surface area contributed by atoms with Crippen molar-refractivity contribution in [2.75, 3.05) is 18.1 Å². The van der Waals surface area contributed by atoms with E-state index in [-0.39, 0.29) is 6.10 Å². The number of aromatic nitrogens is 6. The number of hydrogen-bond donors (Lipinski definition) is 3. The number of benzene rings is 3. The van der Waals surface area contributed by atoms with Crippen molar-refractivity contribution in [3.05, 3.63) is 67.6 Å². The van der Waals surface area contributed by atoms with Gasteiger partial charge in [-0.05, 0) is 62.4 Å². The van der Waals surface area contributed by atoms with E-state index in [0.717, 1.165) is 68.1 Å². The number of anilines is 1. The third-order valence-corrected chi connectivity index (χ3v) is 6.75. The molecule has 3 aromatic carbocycles. The van der Waals surface area contributed by atoms with Gasteiger partial charge in [0.25, 0.3) is 0 Å². The summed E-state index contributed by atoms with van der Waals surface area (Å²) in [4.78, 5) is 18.8. The molecule has 1 aliphatic heterocycles. The lowest BCUT2D eigenvalue weighted by molar-refractivity contribution is 0.0499. The van der Waals surface area contributed by atoms with Gasteiger partial charge in [0.1, 0.15) is 11.5 Å². The van der Waals surface area contributed by atoms with Gasteiger partial charge in [-0.1, -0.05) is 12.1 Å². The molecular formula is C27H24N7O. The molecule has 7 rings (SSSR count). The van der Waals surface area contributed by atoms with Crippen LogP contribution in [0, 0.1) is 6.92 Å². The van der Waals surface area contributed by atoms with Crippen molar-refractivity contribution in [1.29, 1.82) is 0 Å². The Morgan fingerprint density at radius 1 is 0.914 bits per heavy atom. The quantitative estimate of drug-likeness (QED) is 0.341. The molecule has 173 valence electrons. The van der Waals surface area contributed by atoms with Crippen molar-refractivity contribution >= 4 is 38.7 Å². The van der Waals surface area contributed by atoms with Gasteiger partial charge in [-0.15, -0.1) is 0 Å². The highest BCUT2D eigenvalue weighted by atomic mass is 16.5. The highest BCUT2D eigenvalue weighted by molar-refractivity contribution is 5.96. The monoisotopic (exact) mass is 462 g/mol. The second-order valence-corrected chi connectivity index (χ2v) is 9.18. The molecule has 3 N–H and O–H groups in total. The van der Waals surface area contributed by atoms with Crippen LogP contribution in [0.1, 0.15) is 6.92 Å². The molecular weight excluding hydrogens is 438 g/mol. The molecule has 0 saturated carbocycles. The summed E-state index contributed by atoms with van der Waals surface area (Å²) >= 11 is 0. The Hall–Kier alpha value is -4.17. The van der Waals surface area contributed by atoms with Crippen molar-refractivity contribution in [2.45, 2.75) is 19.1 Å². The van der Waals surface area contributed by atoms with Crippen LogP contribution in [0.2, 0.25) is 0 Å². The van der Waals surface area contributed by atoms with Crippen molar-refractivity contribution in [2.24, 2.45) is 0 Å². The van der Waals surface area contributed by atoms with Crippen LogP contribution in [0.3, 0.4) is 0 Å². The van der Waals surface area contributed by atoms with Gasteiger partial charge in [-0.3, -0.25) is 5.10 Å². The molecule has 4 heterocycles. The van der Waals surface area contributed by atoms with E-state index < -0.39 is 0 Å². The molecule has 6 aromatic rings. The van der Waals surface area contributed by atoms with Crippen LogP contribution in [-0.4, -0.2) is 55.4 Å². The normalized spacial score (nSPS) is 18.7. The number of rotatable bonds is 3. The first-order valence-corrected chi connectivity index (χ1v) is 11.8. The van der Waals surface area contributed by atoms with Gasteiger partial charge in [0.05, 0.1) is 40.3 Å². The van der Waals surface area contributed by atoms with Crippen molar-refractivity contribution in [3.8, 4) is 22.9 Å². The highest BCUT2D eigenvalue weighted by Gasteiger charge is 2.24. The summed E-state index contributed by atoms with van der Waals surface area (Å²) in [6.07, 6.45) is -0.0319. The summed E-state index contributed by atoms with van der Waals surface area (Å²) in [6, 6.07) is 20.8. The Morgan fingerprint density at radius 2 is 1.74 bits per heavy atom. The number of imidazole rings is 2. The maximum Gasteiger partial charge on any atom is 0.159 e. The zero-order valence-corrected chi connectivity index (χ0v) is 19.2. The number of nitrogens with zero attached hydrogens (tertiary/aromatic N) is 4. The van der Waals surface area contributed by atoms with E-state index in [1.807, 2.05) is 36.4 Å². The molecule has 0 spiro atoms. The van der Waals surface area contributed by atoms with E-state index in [4.69, 9.17) is 14.7 Å².